The molecule has 120 valence electrons. The van der Waals surface area contributed by atoms with Crippen LogP contribution in [0, 0.1) is 0 Å². The van der Waals surface area contributed by atoms with Crippen molar-refractivity contribution in [2.24, 2.45) is 0 Å². The lowest BCUT2D eigenvalue weighted by Crippen LogP contribution is -2.21. The fourth-order valence-corrected chi connectivity index (χ4v) is 2.49. The van der Waals surface area contributed by atoms with Crippen LogP contribution >= 0.6 is 27.5 Å². The molecule has 0 aliphatic carbocycles. The predicted molar refractivity (Wildman–Crippen MR) is 90.7 cm³/mol. The van der Waals surface area contributed by atoms with Gasteiger partial charge in [0.15, 0.2) is 18.1 Å². The Morgan fingerprint density at radius 1 is 1.17 bits per heavy atom. The molecule has 23 heavy (non-hydrogen) atoms. The summed E-state index contributed by atoms with van der Waals surface area (Å²) in [5, 5.41) is 3.08. The van der Waals surface area contributed by atoms with E-state index in [9.17, 15) is 4.79 Å². The molecule has 0 fully saturated rings. The number of ether oxygens (including phenoxy) is 3. The summed E-state index contributed by atoms with van der Waals surface area (Å²) in [6.07, 6.45) is 0. The molecule has 3 rings (SSSR count). The molecule has 1 heterocycles. The number of fused-ring (bicyclic) bond motifs is 1. The molecular weight excluding hydrogens is 386 g/mol. The number of anilines is 1. The summed E-state index contributed by atoms with van der Waals surface area (Å²) in [6.45, 7) is 0.831. The molecule has 0 saturated heterocycles. The lowest BCUT2D eigenvalue weighted by atomic mass is 10.2. The van der Waals surface area contributed by atoms with Gasteiger partial charge in [-0.1, -0.05) is 27.5 Å². The number of carbonyl (C=O) groups excluding carboxylic acids is 1. The van der Waals surface area contributed by atoms with Crippen LogP contribution in [0.15, 0.2) is 40.9 Å². The first kappa shape index (κ1) is 16.0. The summed E-state index contributed by atoms with van der Waals surface area (Å²) in [5.74, 6) is 1.43. The van der Waals surface area contributed by atoms with Gasteiger partial charge in [-0.05, 0) is 24.3 Å². The first-order valence-corrected chi connectivity index (χ1v) is 8.06. The van der Waals surface area contributed by atoms with Crippen LogP contribution in [-0.2, 0) is 4.79 Å². The highest BCUT2D eigenvalue weighted by atomic mass is 79.9. The maximum Gasteiger partial charge on any atom is 0.262 e. The van der Waals surface area contributed by atoms with Crippen molar-refractivity contribution in [3.05, 3.63) is 45.9 Å². The number of hydrogen-bond acceptors (Lipinski definition) is 4. The molecule has 2 aromatic carbocycles. The molecule has 1 aliphatic heterocycles. The summed E-state index contributed by atoms with van der Waals surface area (Å²) in [6, 6.07) is 10.5. The molecule has 0 saturated carbocycles. The molecule has 0 bridgehead atoms. The molecule has 1 amide bonds. The zero-order valence-corrected chi connectivity index (χ0v) is 14.3. The molecule has 0 unspecified atom stereocenters. The standard InChI is InChI=1S/C16H13BrClNO4/c17-10-1-3-11(4-2-10)23-9-16(20)19-13-8-15-14(7-12(13)18)21-5-6-22-15/h1-4,7-8H,5-6,9H2,(H,19,20). The molecule has 0 atom stereocenters. The van der Waals surface area contributed by atoms with Gasteiger partial charge >= 0.3 is 0 Å². The summed E-state index contributed by atoms with van der Waals surface area (Å²) in [7, 11) is 0. The Labute approximate surface area is 146 Å². The van der Waals surface area contributed by atoms with Gasteiger partial charge in [0.2, 0.25) is 0 Å². The number of carbonyl (C=O) groups is 1. The van der Waals surface area contributed by atoms with Crippen molar-refractivity contribution < 1.29 is 19.0 Å². The second-order valence-electron chi connectivity index (χ2n) is 4.77. The van der Waals surface area contributed by atoms with Gasteiger partial charge in [-0.3, -0.25) is 4.79 Å². The Morgan fingerprint density at radius 3 is 2.52 bits per heavy atom. The van der Waals surface area contributed by atoms with Crippen molar-refractivity contribution in [2.75, 3.05) is 25.1 Å². The van der Waals surface area contributed by atoms with Crippen LogP contribution in [0.1, 0.15) is 0 Å². The molecular formula is C16H13BrClNO4. The average molecular weight is 399 g/mol. The highest BCUT2D eigenvalue weighted by Gasteiger charge is 2.16. The number of halogens is 2. The number of nitrogens with one attached hydrogen (secondary N) is 1. The third-order valence-corrected chi connectivity index (χ3v) is 3.93. The van der Waals surface area contributed by atoms with E-state index in [1.807, 2.05) is 12.1 Å². The minimum Gasteiger partial charge on any atom is -0.486 e. The normalized spacial score (nSPS) is 12.6. The maximum absolute atomic E-state index is 12.0. The molecule has 5 nitrogen and oxygen atoms in total. The van der Waals surface area contributed by atoms with Crippen molar-refractivity contribution in [3.8, 4) is 17.2 Å². The van der Waals surface area contributed by atoms with Crippen molar-refractivity contribution in [2.45, 2.75) is 0 Å². The van der Waals surface area contributed by atoms with Crippen LogP contribution in [0.25, 0.3) is 0 Å². The van der Waals surface area contributed by atoms with Gasteiger partial charge in [0.1, 0.15) is 19.0 Å². The van der Waals surface area contributed by atoms with Crippen molar-refractivity contribution in [1.29, 1.82) is 0 Å². The van der Waals surface area contributed by atoms with Gasteiger partial charge in [-0.25, -0.2) is 0 Å². The molecule has 7 heteroatoms. The number of amides is 1. The van der Waals surface area contributed by atoms with Crippen LogP contribution in [0.3, 0.4) is 0 Å². The smallest absolute Gasteiger partial charge is 0.262 e. The van der Waals surface area contributed by atoms with E-state index in [2.05, 4.69) is 21.2 Å². The van der Waals surface area contributed by atoms with Crippen LogP contribution in [-0.4, -0.2) is 25.7 Å². The topological polar surface area (TPSA) is 56.8 Å². The van der Waals surface area contributed by atoms with Crippen molar-refractivity contribution >= 4 is 39.1 Å². The lowest BCUT2D eigenvalue weighted by Gasteiger charge is -2.20. The Balaban J connectivity index is 1.62. The van der Waals surface area contributed by atoms with Crippen molar-refractivity contribution in [1.82, 2.24) is 0 Å². The van der Waals surface area contributed by atoms with E-state index in [4.69, 9.17) is 25.8 Å². The van der Waals surface area contributed by atoms with E-state index in [-0.39, 0.29) is 12.5 Å². The summed E-state index contributed by atoms with van der Waals surface area (Å²) >= 11 is 9.48. The van der Waals surface area contributed by atoms with Gasteiger partial charge in [0.25, 0.3) is 5.91 Å². The van der Waals surface area contributed by atoms with Gasteiger partial charge < -0.3 is 19.5 Å². The number of hydrogen-bond donors (Lipinski definition) is 1. The summed E-state index contributed by atoms with van der Waals surface area (Å²) < 4.78 is 17.3. The molecule has 2 aromatic rings. The predicted octanol–water partition coefficient (Wildman–Crippen LogP) is 3.89. The number of benzene rings is 2. The first-order valence-electron chi connectivity index (χ1n) is 6.89. The van der Waals surface area contributed by atoms with Crippen LogP contribution in [0.4, 0.5) is 5.69 Å². The van der Waals surface area contributed by atoms with Gasteiger partial charge in [0.05, 0.1) is 10.7 Å². The third-order valence-electron chi connectivity index (χ3n) is 3.09. The second kappa shape index (κ2) is 7.10. The largest absolute Gasteiger partial charge is 0.486 e. The zero-order chi connectivity index (χ0) is 16.2. The first-order chi connectivity index (χ1) is 11.1. The minimum absolute atomic E-state index is 0.119. The van der Waals surface area contributed by atoms with E-state index in [0.717, 1.165) is 4.47 Å². The van der Waals surface area contributed by atoms with Crippen LogP contribution in [0.2, 0.25) is 5.02 Å². The lowest BCUT2D eigenvalue weighted by molar-refractivity contribution is -0.118. The fourth-order valence-electron chi connectivity index (χ4n) is 2.03. The maximum atomic E-state index is 12.0. The van der Waals surface area contributed by atoms with Gasteiger partial charge in [0, 0.05) is 16.6 Å². The van der Waals surface area contributed by atoms with E-state index in [0.29, 0.717) is 41.2 Å². The Kier molecular flexibility index (Phi) is 4.93. The van der Waals surface area contributed by atoms with Gasteiger partial charge in [-0.2, -0.15) is 0 Å². The molecule has 1 aliphatic rings. The Bertz CT molecular complexity index is 721. The summed E-state index contributed by atoms with van der Waals surface area (Å²) in [4.78, 5) is 12.0. The minimum atomic E-state index is -0.313. The highest BCUT2D eigenvalue weighted by molar-refractivity contribution is 9.10. The molecule has 0 aromatic heterocycles. The third kappa shape index (κ3) is 4.09. The molecule has 1 N–H and O–H groups in total. The van der Waals surface area contributed by atoms with E-state index in [1.165, 1.54) is 0 Å². The van der Waals surface area contributed by atoms with Gasteiger partial charge in [-0.15, -0.1) is 0 Å². The molecule has 0 spiro atoms. The monoisotopic (exact) mass is 397 g/mol. The van der Waals surface area contributed by atoms with E-state index < -0.39 is 0 Å². The number of rotatable bonds is 4. The zero-order valence-electron chi connectivity index (χ0n) is 12.0. The SMILES string of the molecule is O=C(COc1ccc(Br)cc1)Nc1cc2c(cc1Cl)OCCO2. The highest BCUT2D eigenvalue weighted by Crippen LogP contribution is 2.37. The average Bonchev–Trinajstić information content (AvgIpc) is 2.55. The van der Waals surface area contributed by atoms with Crippen LogP contribution < -0.4 is 19.5 Å². The van der Waals surface area contributed by atoms with Crippen LogP contribution in [0.5, 0.6) is 17.2 Å². The quantitative estimate of drug-likeness (QED) is 0.849. The Hall–Kier alpha value is -1.92. The Morgan fingerprint density at radius 2 is 1.83 bits per heavy atom. The summed E-state index contributed by atoms with van der Waals surface area (Å²) in [5.41, 5.74) is 0.459. The van der Waals surface area contributed by atoms with Crippen molar-refractivity contribution in [3.63, 3.8) is 0 Å². The molecule has 0 radical (unpaired) electrons. The van der Waals surface area contributed by atoms with E-state index in [1.54, 1.807) is 24.3 Å². The van der Waals surface area contributed by atoms with E-state index >= 15 is 0 Å². The fraction of sp³-hybridized carbons (Fsp3) is 0.188. The second-order valence-corrected chi connectivity index (χ2v) is 6.09.